The van der Waals surface area contributed by atoms with Gasteiger partial charge in [-0.15, -0.1) is 0 Å². The highest BCUT2D eigenvalue weighted by Gasteiger charge is 2.35. The largest absolute Gasteiger partial charge is 0.492 e. The lowest BCUT2D eigenvalue weighted by atomic mass is 9.70. The molecule has 0 saturated carbocycles. The normalized spacial score (nSPS) is 17.3. The fourth-order valence-corrected chi connectivity index (χ4v) is 4.50. The van der Waals surface area contributed by atoms with E-state index in [0.717, 1.165) is 70.0 Å². The van der Waals surface area contributed by atoms with Crippen molar-refractivity contribution in [2.24, 2.45) is 5.92 Å². The summed E-state index contributed by atoms with van der Waals surface area (Å²) in [6.07, 6.45) is 1.97. The maximum absolute atomic E-state index is 10.1. The topological polar surface area (TPSA) is 39.5 Å². The van der Waals surface area contributed by atoms with Crippen LogP contribution in [0.3, 0.4) is 0 Å². The van der Waals surface area contributed by atoms with Gasteiger partial charge in [-0.2, -0.15) is 5.26 Å². The number of aryl methyl sites for hydroxylation is 1. The van der Waals surface area contributed by atoms with Crippen LogP contribution in [0.1, 0.15) is 37.8 Å². The van der Waals surface area contributed by atoms with Crippen molar-refractivity contribution in [3.8, 4) is 11.8 Å². The molecule has 0 spiro atoms. The van der Waals surface area contributed by atoms with E-state index in [9.17, 15) is 5.26 Å². The Kier molecular flexibility index (Phi) is 8.51. The van der Waals surface area contributed by atoms with Gasteiger partial charge in [0.15, 0.2) is 0 Å². The maximum atomic E-state index is 10.1. The van der Waals surface area contributed by atoms with Gasteiger partial charge in [-0.1, -0.05) is 61.9 Å². The molecule has 2 aromatic rings. The summed E-state index contributed by atoms with van der Waals surface area (Å²) in [5.74, 6) is 1.25. The Balaban J connectivity index is 1.39. The fourth-order valence-electron chi connectivity index (χ4n) is 4.50. The number of piperazine rings is 1. The molecule has 4 heteroatoms. The molecule has 1 unspecified atom stereocenters. The van der Waals surface area contributed by atoms with Gasteiger partial charge in [-0.25, -0.2) is 0 Å². The van der Waals surface area contributed by atoms with Gasteiger partial charge in [0.05, 0.1) is 11.5 Å². The lowest BCUT2D eigenvalue weighted by Gasteiger charge is -2.36. The molecule has 1 aliphatic heterocycles. The number of rotatable bonds is 10. The van der Waals surface area contributed by atoms with Crippen LogP contribution in [0.15, 0.2) is 54.6 Å². The second-order valence-corrected chi connectivity index (χ2v) is 9.05. The van der Waals surface area contributed by atoms with Gasteiger partial charge in [0.1, 0.15) is 12.4 Å². The van der Waals surface area contributed by atoms with E-state index in [4.69, 9.17) is 4.74 Å². The smallest absolute Gasteiger partial charge is 0.119 e. The molecule has 1 atom stereocenters. The van der Waals surface area contributed by atoms with E-state index in [1.165, 1.54) is 5.56 Å². The number of hydrogen-bond donors (Lipinski definition) is 0. The zero-order valence-corrected chi connectivity index (χ0v) is 19.4. The first-order valence-electron chi connectivity index (χ1n) is 11.6. The van der Waals surface area contributed by atoms with Gasteiger partial charge < -0.3 is 9.64 Å². The van der Waals surface area contributed by atoms with Crippen LogP contribution in [0.4, 0.5) is 0 Å². The van der Waals surface area contributed by atoms with Crippen molar-refractivity contribution in [2.45, 2.75) is 39.0 Å². The van der Waals surface area contributed by atoms with Crippen LogP contribution in [0.5, 0.6) is 5.75 Å². The minimum absolute atomic E-state index is 0.297. The Morgan fingerprint density at radius 3 is 2.13 bits per heavy atom. The SMILES string of the molecule is Cc1ccc(OCCN2CCN(CCCC(C#N)(c3ccccc3)C(C)C)CC2)cc1. The number of hydrogen-bond acceptors (Lipinski definition) is 4. The predicted molar refractivity (Wildman–Crippen MR) is 127 cm³/mol. The maximum Gasteiger partial charge on any atom is 0.119 e. The average molecular weight is 420 g/mol. The Bertz CT molecular complexity index is 820. The van der Waals surface area contributed by atoms with Crippen LogP contribution >= 0.6 is 0 Å². The Hall–Kier alpha value is -2.35. The van der Waals surface area contributed by atoms with Gasteiger partial charge in [0.25, 0.3) is 0 Å². The summed E-state index contributed by atoms with van der Waals surface area (Å²) in [5, 5.41) is 10.1. The number of ether oxygens (including phenoxy) is 1. The van der Waals surface area contributed by atoms with E-state index in [1.807, 2.05) is 30.3 Å². The van der Waals surface area contributed by atoms with Gasteiger partial charge in [-0.3, -0.25) is 4.90 Å². The van der Waals surface area contributed by atoms with E-state index >= 15 is 0 Å². The van der Waals surface area contributed by atoms with Crippen molar-refractivity contribution in [1.29, 1.82) is 5.26 Å². The first kappa shape index (κ1) is 23.3. The Morgan fingerprint density at radius 1 is 0.935 bits per heavy atom. The molecular formula is C27H37N3O. The summed E-state index contributed by atoms with van der Waals surface area (Å²) in [6.45, 7) is 13.6. The molecule has 1 aliphatic rings. The van der Waals surface area contributed by atoms with Crippen molar-refractivity contribution in [3.05, 3.63) is 65.7 Å². The van der Waals surface area contributed by atoms with Gasteiger partial charge in [0, 0.05) is 32.7 Å². The molecular weight excluding hydrogens is 382 g/mol. The van der Waals surface area contributed by atoms with Crippen LogP contribution in [0, 0.1) is 24.2 Å². The summed E-state index contributed by atoms with van der Waals surface area (Å²) in [4.78, 5) is 5.03. The highest BCUT2D eigenvalue weighted by molar-refractivity contribution is 5.33. The highest BCUT2D eigenvalue weighted by Crippen LogP contribution is 2.36. The number of nitrogens with zero attached hydrogens (tertiary/aromatic N) is 3. The monoisotopic (exact) mass is 419 g/mol. The predicted octanol–water partition coefficient (Wildman–Crippen LogP) is 4.89. The molecule has 1 fully saturated rings. The van der Waals surface area contributed by atoms with Gasteiger partial charge in [0.2, 0.25) is 0 Å². The molecule has 1 saturated heterocycles. The molecule has 2 aromatic carbocycles. The van der Waals surface area contributed by atoms with Gasteiger partial charge >= 0.3 is 0 Å². The molecule has 0 bridgehead atoms. The summed E-state index contributed by atoms with van der Waals surface area (Å²) in [7, 11) is 0. The number of benzene rings is 2. The second-order valence-electron chi connectivity index (χ2n) is 9.05. The lowest BCUT2D eigenvalue weighted by molar-refractivity contribution is 0.114. The molecule has 1 heterocycles. The summed E-state index contributed by atoms with van der Waals surface area (Å²) in [6, 6.07) is 21.3. The van der Waals surface area contributed by atoms with Crippen LogP contribution in [0.25, 0.3) is 0 Å². The first-order valence-corrected chi connectivity index (χ1v) is 11.6. The number of nitriles is 1. The zero-order valence-electron chi connectivity index (χ0n) is 19.4. The van der Waals surface area contributed by atoms with E-state index in [-0.39, 0.29) is 0 Å². The third-order valence-corrected chi connectivity index (χ3v) is 6.68. The molecule has 4 nitrogen and oxygen atoms in total. The van der Waals surface area contributed by atoms with Crippen LogP contribution in [-0.4, -0.2) is 55.7 Å². The van der Waals surface area contributed by atoms with Crippen molar-refractivity contribution < 1.29 is 4.74 Å². The van der Waals surface area contributed by atoms with Gasteiger partial charge in [-0.05, 0) is 49.9 Å². The average Bonchev–Trinajstić information content (AvgIpc) is 2.79. The Morgan fingerprint density at radius 2 is 1.55 bits per heavy atom. The lowest BCUT2D eigenvalue weighted by Crippen LogP contribution is -2.47. The molecule has 0 aliphatic carbocycles. The Labute approximate surface area is 188 Å². The van der Waals surface area contributed by atoms with Crippen molar-refractivity contribution in [2.75, 3.05) is 45.9 Å². The molecule has 3 rings (SSSR count). The standard InChI is InChI=1S/C27H37N3O/c1-23(2)27(22-28,25-8-5-4-6-9-25)14-7-15-29-16-18-30(19-17-29)20-21-31-26-12-10-24(3)11-13-26/h4-6,8-13,23H,7,14-21H2,1-3H3. The quantitative estimate of drug-likeness (QED) is 0.550. The van der Waals surface area contributed by atoms with Crippen LogP contribution in [-0.2, 0) is 5.41 Å². The minimum atomic E-state index is -0.392. The van der Waals surface area contributed by atoms with Crippen LogP contribution < -0.4 is 4.74 Å². The highest BCUT2D eigenvalue weighted by atomic mass is 16.5. The third kappa shape index (κ3) is 6.32. The van der Waals surface area contributed by atoms with E-state index < -0.39 is 5.41 Å². The molecule has 0 aromatic heterocycles. The first-order chi connectivity index (χ1) is 15.0. The van der Waals surface area contributed by atoms with Crippen molar-refractivity contribution in [3.63, 3.8) is 0 Å². The summed E-state index contributed by atoms with van der Waals surface area (Å²) >= 11 is 0. The van der Waals surface area contributed by atoms with E-state index in [2.05, 4.69) is 60.9 Å². The molecule has 31 heavy (non-hydrogen) atoms. The fraction of sp³-hybridized carbons (Fsp3) is 0.519. The third-order valence-electron chi connectivity index (χ3n) is 6.68. The molecule has 0 radical (unpaired) electrons. The van der Waals surface area contributed by atoms with E-state index in [1.54, 1.807) is 0 Å². The minimum Gasteiger partial charge on any atom is -0.492 e. The zero-order chi connectivity index (χ0) is 22.1. The van der Waals surface area contributed by atoms with Crippen molar-refractivity contribution >= 4 is 0 Å². The molecule has 166 valence electrons. The molecule has 0 N–H and O–H groups in total. The molecule has 0 amide bonds. The summed E-state index contributed by atoms with van der Waals surface area (Å²) < 4.78 is 5.88. The summed E-state index contributed by atoms with van der Waals surface area (Å²) in [5.41, 5.74) is 2.02. The second kappa shape index (κ2) is 11.3. The van der Waals surface area contributed by atoms with Crippen molar-refractivity contribution in [1.82, 2.24) is 9.80 Å². The van der Waals surface area contributed by atoms with E-state index in [0.29, 0.717) is 5.92 Å². The van der Waals surface area contributed by atoms with Crippen LogP contribution in [0.2, 0.25) is 0 Å².